The molecule has 0 radical (unpaired) electrons. The number of nitrogens with one attached hydrogen (secondary N) is 1. The summed E-state index contributed by atoms with van der Waals surface area (Å²) in [6, 6.07) is 12.0. The van der Waals surface area contributed by atoms with Gasteiger partial charge in [-0.2, -0.15) is 4.98 Å². The topological polar surface area (TPSA) is 101 Å². The maximum atomic E-state index is 14.2. The van der Waals surface area contributed by atoms with Crippen molar-refractivity contribution >= 4 is 21.9 Å². The van der Waals surface area contributed by atoms with Crippen molar-refractivity contribution in [3.05, 3.63) is 64.7 Å². The van der Waals surface area contributed by atoms with Crippen molar-refractivity contribution in [3.8, 4) is 17.1 Å². The molecular weight excluding hydrogens is 560 g/mol. The molecule has 9 heteroatoms. The summed E-state index contributed by atoms with van der Waals surface area (Å²) in [5.74, 6) is 1.35. The lowest BCUT2D eigenvalue weighted by atomic mass is 9.74. The highest BCUT2D eigenvalue weighted by atomic mass is 32.2. The Hall–Kier alpha value is -3.46. The van der Waals surface area contributed by atoms with Gasteiger partial charge in [0.05, 0.1) is 16.6 Å². The van der Waals surface area contributed by atoms with Gasteiger partial charge in [0.1, 0.15) is 6.61 Å². The maximum absolute atomic E-state index is 14.2. The highest BCUT2D eigenvalue weighted by Crippen LogP contribution is 2.37. The standard InChI is InChI=1S/C34H44N4O4S/c1-21-16-25(17-21)14-15-38-27(19-34(5,6)7)20-42-31-24(4)30(29-22(2)10-8-11-23(29)3)35-33(36-31)37-43(40,41)28-13-9-12-26(18-28)32(38)39/h8-13,18,21,25,27H,14-17,19-20H2,1-7H3,(H,35,36,37)/t21?,25?,27-/m1/s1. The quantitative estimate of drug-likeness (QED) is 0.338. The van der Waals surface area contributed by atoms with Crippen LogP contribution < -0.4 is 9.46 Å². The lowest BCUT2D eigenvalue weighted by molar-refractivity contribution is 0.0490. The van der Waals surface area contributed by atoms with Gasteiger partial charge in [0, 0.05) is 23.2 Å². The average molecular weight is 605 g/mol. The number of hydrogen-bond acceptors (Lipinski definition) is 6. The number of fused-ring (bicyclic) bond motifs is 4. The maximum Gasteiger partial charge on any atom is 0.264 e. The summed E-state index contributed by atoms with van der Waals surface area (Å²) in [7, 11) is -4.10. The summed E-state index contributed by atoms with van der Waals surface area (Å²) in [6.45, 7) is 15.5. The van der Waals surface area contributed by atoms with Crippen LogP contribution in [0.3, 0.4) is 0 Å². The van der Waals surface area contributed by atoms with Crippen LogP contribution in [0.1, 0.15) is 80.4 Å². The summed E-state index contributed by atoms with van der Waals surface area (Å²) < 4.78 is 36.3. The number of nitrogens with zero attached hydrogens (tertiary/aromatic N) is 3. The zero-order valence-corrected chi connectivity index (χ0v) is 27.2. The SMILES string of the molecule is Cc1cccc(C)c1-c1nc2nc(c1C)OC[C@@H](CC(C)(C)C)N(CCC1CC(C)C1)C(=O)c1cccc(c1)S(=O)(=O)N2. The van der Waals surface area contributed by atoms with E-state index in [9.17, 15) is 13.2 Å². The molecule has 2 heterocycles. The zero-order valence-electron chi connectivity index (χ0n) is 26.4. The van der Waals surface area contributed by atoms with Crippen molar-refractivity contribution in [2.24, 2.45) is 17.3 Å². The van der Waals surface area contributed by atoms with Crippen LogP contribution in [-0.4, -0.2) is 48.4 Å². The van der Waals surface area contributed by atoms with Crippen LogP contribution in [0.15, 0.2) is 47.4 Å². The summed E-state index contributed by atoms with van der Waals surface area (Å²) in [4.78, 5) is 25.4. The summed E-state index contributed by atoms with van der Waals surface area (Å²) in [6.07, 6.45) is 3.96. The second-order valence-electron chi connectivity index (χ2n) is 13.7. The van der Waals surface area contributed by atoms with E-state index in [2.05, 4.69) is 37.4 Å². The third-order valence-electron chi connectivity index (χ3n) is 8.65. The molecule has 1 N–H and O–H groups in total. The minimum atomic E-state index is -4.10. The molecule has 1 aliphatic heterocycles. The van der Waals surface area contributed by atoms with Gasteiger partial charge in [-0.25, -0.2) is 18.1 Å². The van der Waals surface area contributed by atoms with Crippen LogP contribution >= 0.6 is 0 Å². The molecule has 0 unspecified atom stereocenters. The third kappa shape index (κ3) is 6.87. The minimum absolute atomic E-state index is 0.0157. The molecule has 8 nitrogen and oxygen atoms in total. The average Bonchev–Trinajstić information content (AvgIpc) is 2.91. The Morgan fingerprint density at radius 3 is 2.35 bits per heavy atom. The van der Waals surface area contributed by atoms with E-state index in [1.54, 1.807) is 12.1 Å². The highest BCUT2D eigenvalue weighted by molar-refractivity contribution is 7.92. The molecular formula is C34H44N4O4S. The van der Waals surface area contributed by atoms with E-state index in [1.165, 1.54) is 25.0 Å². The molecule has 1 aliphatic carbocycles. The van der Waals surface area contributed by atoms with E-state index >= 15 is 0 Å². The van der Waals surface area contributed by atoms with Crippen LogP contribution in [0.25, 0.3) is 11.3 Å². The number of carbonyl (C=O) groups excluding carboxylic acids is 1. The fourth-order valence-electron chi connectivity index (χ4n) is 6.47. The Bertz CT molecular complexity index is 1600. The zero-order chi connectivity index (χ0) is 31.1. The van der Waals surface area contributed by atoms with Gasteiger partial charge in [-0.05, 0) is 93.0 Å². The molecule has 2 aromatic carbocycles. The number of aromatic nitrogens is 2. The Morgan fingerprint density at radius 1 is 1.02 bits per heavy atom. The number of rotatable bonds is 5. The van der Waals surface area contributed by atoms with Gasteiger partial charge < -0.3 is 9.64 Å². The fraction of sp³-hybridized carbons (Fsp3) is 0.500. The van der Waals surface area contributed by atoms with Gasteiger partial charge in [-0.1, -0.05) is 52.0 Å². The predicted octanol–water partition coefficient (Wildman–Crippen LogP) is 6.95. The number of anilines is 1. The highest BCUT2D eigenvalue weighted by Gasteiger charge is 2.33. The van der Waals surface area contributed by atoms with Gasteiger partial charge in [0.2, 0.25) is 11.8 Å². The second-order valence-corrected chi connectivity index (χ2v) is 15.4. The predicted molar refractivity (Wildman–Crippen MR) is 170 cm³/mol. The normalized spacial score (nSPS) is 21.9. The molecule has 2 aliphatic rings. The smallest absolute Gasteiger partial charge is 0.264 e. The Labute approximate surface area is 256 Å². The molecule has 1 fully saturated rings. The van der Waals surface area contributed by atoms with E-state index in [-0.39, 0.29) is 34.8 Å². The number of ether oxygens (including phenoxy) is 1. The van der Waals surface area contributed by atoms with Crippen LogP contribution in [0.2, 0.25) is 0 Å². The van der Waals surface area contributed by atoms with E-state index in [0.29, 0.717) is 41.6 Å². The summed E-state index contributed by atoms with van der Waals surface area (Å²) >= 11 is 0. The van der Waals surface area contributed by atoms with E-state index < -0.39 is 10.0 Å². The molecule has 1 saturated carbocycles. The number of carbonyl (C=O) groups is 1. The molecule has 1 amide bonds. The number of amides is 1. The van der Waals surface area contributed by atoms with Crippen LogP contribution in [0.4, 0.5) is 5.95 Å². The molecule has 1 aromatic heterocycles. The van der Waals surface area contributed by atoms with Crippen molar-refractivity contribution in [3.63, 3.8) is 0 Å². The van der Waals surface area contributed by atoms with Gasteiger partial charge >= 0.3 is 0 Å². The van der Waals surface area contributed by atoms with Gasteiger partial charge in [-0.15, -0.1) is 0 Å². The molecule has 5 rings (SSSR count). The molecule has 230 valence electrons. The lowest BCUT2D eigenvalue weighted by Crippen LogP contribution is -2.47. The Morgan fingerprint density at radius 2 is 1.70 bits per heavy atom. The van der Waals surface area contributed by atoms with Crippen molar-refractivity contribution in [1.82, 2.24) is 14.9 Å². The van der Waals surface area contributed by atoms with Crippen molar-refractivity contribution in [2.45, 2.75) is 85.1 Å². The monoisotopic (exact) mass is 604 g/mol. The fourth-order valence-corrected chi connectivity index (χ4v) is 7.46. The largest absolute Gasteiger partial charge is 0.475 e. The first kappa shape index (κ1) is 31.0. The van der Waals surface area contributed by atoms with Crippen LogP contribution in [0.5, 0.6) is 5.88 Å². The van der Waals surface area contributed by atoms with E-state index in [4.69, 9.17) is 9.72 Å². The van der Waals surface area contributed by atoms with Crippen LogP contribution in [-0.2, 0) is 10.0 Å². The second kappa shape index (κ2) is 11.9. The minimum Gasteiger partial charge on any atom is -0.475 e. The number of aryl methyl sites for hydroxylation is 2. The van der Waals surface area contributed by atoms with Gasteiger partial charge in [0.25, 0.3) is 15.9 Å². The first-order valence-electron chi connectivity index (χ1n) is 15.2. The summed E-state index contributed by atoms with van der Waals surface area (Å²) in [5, 5.41) is 0. The number of hydrogen-bond donors (Lipinski definition) is 1. The van der Waals surface area contributed by atoms with Crippen molar-refractivity contribution < 1.29 is 17.9 Å². The molecule has 43 heavy (non-hydrogen) atoms. The third-order valence-corrected chi connectivity index (χ3v) is 9.97. The molecule has 0 spiro atoms. The Balaban J connectivity index is 1.65. The molecule has 4 bridgehead atoms. The van der Waals surface area contributed by atoms with E-state index in [1.807, 2.05) is 43.9 Å². The van der Waals surface area contributed by atoms with Gasteiger partial charge in [-0.3, -0.25) is 4.79 Å². The number of benzene rings is 2. The molecule has 0 saturated heterocycles. The number of sulfonamides is 1. The first-order valence-corrected chi connectivity index (χ1v) is 16.7. The summed E-state index contributed by atoms with van der Waals surface area (Å²) in [5.41, 5.74) is 4.51. The van der Waals surface area contributed by atoms with Crippen LogP contribution in [0, 0.1) is 38.0 Å². The lowest BCUT2D eigenvalue weighted by Gasteiger charge is -2.39. The molecule has 1 atom stereocenters. The van der Waals surface area contributed by atoms with Crippen molar-refractivity contribution in [2.75, 3.05) is 17.9 Å². The van der Waals surface area contributed by atoms with Gasteiger partial charge in [0.15, 0.2) is 0 Å². The van der Waals surface area contributed by atoms with Crippen molar-refractivity contribution in [1.29, 1.82) is 0 Å². The first-order chi connectivity index (χ1) is 20.2. The van der Waals surface area contributed by atoms with E-state index in [0.717, 1.165) is 29.0 Å². The Kier molecular flexibility index (Phi) is 8.58. The molecule has 3 aromatic rings.